The summed E-state index contributed by atoms with van der Waals surface area (Å²) in [6.07, 6.45) is 19.1. The number of ether oxygens (including phenoxy) is 2. The number of carbonyl (C=O) groups is 1. The van der Waals surface area contributed by atoms with Crippen molar-refractivity contribution in [2.45, 2.75) is 111 Å². The van der Waals surface area contributed by atoms with E-state index in [0.717, 1.165) is 36.0 Å². The van der Waals surface area contributed by atoms with E-state index in [2.05, 4.69) is 40.3 Å². The van der Waals surface area contributed by atoms with Gasteiger partial charge in [0.25, 0.3) is 0 Å². The number of hydrogen-bond donors (Lipinski definition) is 0. The van der Waals surface area contributed by atoms with Gasteiger partial charge in [0.2, 0.25) is 0 Å². The largest absolute Gasteiger partial charge is 0.460 e. The van der Waals surface area contributed by atoms with Crippen molar-refractivity contribution in [2.24, 2.45) is 40.4 Å². The number of esters is 1. The van der Waals surface area contributed by atoms with E-state index in [9.17, 15) is 4.79 Å². The summed E-state index contributed by atoms with van der Waals surface area (Å²) in [5.74, 6) is 4.21. The maximum absolute atomic E-state index is 12.1. The minimum Gasteiger partial charge on any atom is -0.460 e. The molecule has 0 N–H and O–H groups in total. The number of likely N-dealkylation sites (N-methyl/N-ethyl adjacent to an activating group) is 1. The Morgan fingerprint density at radius 1 is 1.05 bits per heavy atom. The molecule has 0 aromatic heterocycles. The molecule has 7 atom stereocenters. The molecule has 4 aliphatic carbocycles. The Morgan fingerprint density at radius 3 is 2.58 bits per heavy atom. The first-order valence-corrected chi connectivity index (χ1v) is 15.9. The molecule has 0 spiro atoms. The molecule has 0 aromatic rings. The van der Waals surface area contributed by atoms with E-state index >= 15 is 0 Å². The first-order valence-electron chi connectivity index (χ1n) is 15.9. The number of fused-ring (bicyclic) bond motifs is 5. The summed E-state index contributed by atoms with van der Waals surface area (Å²) in [7, 11) is 3.84. The van der Waals surface area contributed by atoms with Gasteiger partial charge < -0.3 is 14.4 Å². The third-order valence-electron chi connectivity index (χ3n) is 11.3. The van der Waals surface area contributed by atoms with E-state index in [4.69, 9.17) is 9.47 Å². The molecule has 0 aromatic carbocycles. The zero-order chi connectivity index (χ0) is 27.5. The molecule has 0 radical (unpaired) electrons. The van der Waals surface area contributed by atoms with Gasteiger partial charge in [0.15, 0.2) is 0 Å². The van der Waals surface area contributed by atoms with Gasteiger partial charge in [0.1, 0.15) is 6.61 Å². The molecule has 3 saturated carbocycles. The fraction of sp³-hybridized carbons (Fsp3) is 0.853. The van der Waals surface area contributed by atoms with Gasteiger partial charge in [0.05, 0.1) is 12.7 Å². The third kappa shape index (κ3) is 6.43. The number of unbranched alkanes of at least 4 members (excludes halogenated alkanes) is 1. The lowest BCUT2D eigenvalue weighted by atomic mass is 9.46. The van der Waals surface area contributed by atoms with E-state index < -0.39 is 0 Å². The summed E-state index contributed by atoms with van der Waals surface area (Å²) in [6.45, 7) is 15.1. The summed E-state index contributed by atoms with van der Waals surface area (Å²) in [4.78, 5) is 14.0. The number of rotatable bonds is 12. The molecule has 3 fully saturated rings. The predicted octanol–water partition coefficient (Wildman–Crippen LogP) is 7.83. The Kier molecular flexibility index (Phi) is 9.88. The molecule has 216 valence electrons. The SMILES string of the molecule is C=C(CN(C)C)C(=O)OCCOC1C=C2CCC3C(CCC4(C)C(CCCCC(C)C)CCC34)C2(C)CC1. The molecular formula is C34H57NO3. The fourth-order valence-electron chi connectivity index (χ4n) is 9.24. The van der Waals surface area contributed by atoms with Crippen molar-refractivity contribution >= 4 is 5.97 Å². The average Bonchev–Trinajstić information content (AvgIpc) is 3.20. The van der Waals surface area contributed by atoms with E-state index in [1.807, 2.05) is 19.0 Å². The van der Waals surface area contributed by atoms with Crippen molar-refractivity contribution < 1.29 is 14.3 Å². The number of carbonyl (C=O) groups excluding carboxylic acids is 1. The smallest absolute Gasteiger partial charge is 0.334 e. The quantitative estimate of drug-likeness (QED) is 0.112. The fourth-order valence-corrected chi connectivity index (χ4v) is 9.24. The molecule has 0 amide bonds. The number of nitrogens with zero attached hydrogens (tertiary/aromatic N) is 1. The first-order chi connectivity index (χ1) is 18.0. The average molecular weight is 528 g/mol. The van der Waals surface area contributed by atoms with Crippen LogP contribution in [0.25, 0.3) is 0 Å². The Morgan fingerprint density at radius 2 is 1.84 bits per heavy atom. The standard InChI is InChI=1S/C34H57NO3/c1-24(2)10-8-9-11-26-13-15-30-29-14-12-27-22-28(37-20-21-38-32(36)25(3)23-35(6)7)16-18-34(27,5)31(29)17-19-33(26,30)4/h22,24,26,28-31H,3,8-21,23H2,1-2,4-7H3. The molecule has 0 aliphatic heterocycles. The van der Waals surface area contributed by atoms with Crippen LogP contribution < -0.4 is 0 Å². The normalized spacial score (nSPS) is 36.4. The lowest BCUT2D eigenvalue weighted by Gasteiger charge is -2.58. The van der Waals surface area contributed by atoms with Crippen molar-refractivity contribution in [1.29, 1.82) is 0 Å². The second kappa shape index (κ2) is 12.6. The maximum Gasteiger partial charge on any atom is 0.334 e. The van der Waals surface area contributed by atoms with Crippen LogP contribution in [-0.4, -0.2) is 50.8 Å². The molecule has 7 unspecified atom stereocenters. The van der Waals surface area contributed by atoms with E-state index in [-0.39, 0.29) is 12.1 Å². The highest BCUT2D eigenvalue weighted by Crippen LogP contribution is 2.67. The number of allylic oxidation sites excluding steroid dienone is 1. The molecular weight excluding hydrogens is 470 g/mol. The molecule has 0 saturated heterocycles. The summed E-state index contributed by atoms with van der Waals surface area (Å²) in [6, 6.07) is 0. The lowest BCUT2D eigenvalue weighted by Crippen LogP contribution is -2.50. The summed E-state index contributed by atoms with van der Waals surface area (Å²) >= 11 is 0. The first kappa shape index (κ1) is 29.8. The van der Waals surface area contributed by atoms with Gasteiger partial charge in [-0.3, -0.25) is 0 Å². The van der Waals surface area contributed by atoms with Crippen molar-refractivity contribution in [3.05, 3.63) is 23.8 Å². The van der Waals surface area contributed by atoms with E-state index in [1.54, 1.807) is 5.57 Å². The van der Waals surface area contributed by atoms with Crippen LogP contribution in [0.1, 0.15) is 105 Å². The monoisotopic (exact) mass is 527 g/mol. The van der Waals surface area contributed by atoms with E-state index in [0.29, 0.717) is 36.2 Å². The Hall–Kier alpha value is -1.13. The molecule has 4 heteroatoms. The lowest BCUT2D eigenvalue weighted by molar-refractivity contribution is -0.141. The van der Waals surface area contributed by atoms with Crippen LogP contribution in [0.4, 0.5) is 0 Å². The van der Waals surface area contributed by atoms with Crippen LogP contribution in [0.5, 0.6) is 0 Å². The molecule has 0 bridgehead atoms. The van der Waals surface area contributed by atoms with Gasteiger partial charge in [-0.05, 0) is 112 Å². The van der Waals surface area contributed by atoms with Gasteiger partial charge >= 0.3 is 5.97 Å². The molecule has 0 heterocycles. The zero-order valence-electron chi connectivity index (χ0n) is 25.5. The zero-order valence-corrected chi connectivity index (χ0v) is 25.5. The molecule has 4 nitrogen and oxygen atoms in total. The highest BCUT2D eigenvalue weighted by atomic mass is 16.6. The van der Waals surface area contributed by atoms with Crippen LogP contribution in [0.2, 0.25) is 0 Å². The minimum absolute atomic E-state index is 0.161. The van der Waals surface area contributed by atoms with Gasteiger partial charge in [-0.2, -0.15) is 0 Å². The highest BCUT2D eigenvalue weighted by Gasteiger charge is 2.58. The second-order valence-corrected chi connectivity index (χ2v) is 14.4. The van der Waals surface area contributed by atoms with Crippen LogP contribution in [0.15, 0.2) is 23.8 Å². The Labute approximate surface area is 234 Å². The second-order valence-electron chi connectivity index (χ2n) is 14.4. The van der Waals surface area contributed by atoms with Gasteiger partial charge in [-0.25, -0.2) is 4.79 Å². The van der Waals surface area contributed by atoms with Gasteiger partial charge in [-0.15, -0.1) is 0 Å². The van der Waals surface area contributed by atoms with Crippen molar-refractivity contribution in [3.63, 3.8) is 0 Å². The van der Waals surface area contributed by atoms with Gasteiger partial charge in [0, 0.05) is 12.1 Å². The van der Waals surface area contributed by atoms with Crippen LogP contribution >= 0.6 is 0 Å². The van der Waals surface area contributed by atoms with Crippen molar-refractivity contribution in [3.8, 4) is 0 Å². The third-order valence-corrected chi connectivity index (χ3v) is 11.3. The number of hydrogen-bond acceptors (Lipinski definition) is 4. The van der Waals surface area contributed by atoms with Gasteiger partial charge in [-0.1, -0.05) is 65.2 Å². The molecule has 4 rings (SSSR count). The predicted molar refractivity (Wildman–Crippen MR) is 157 cm³/mol. The molecule has 4 aliphatic rings. The van der Waals surface area contributed by atoms with Crippen LogP contribution in [-0.2, 0) is 14.3 Å². The maximum atomic E-state index is 12.1. The minimum atomic E-state index is -0.316. The Bertz CT molecular complexity index is 862. The highest BCUT2D eigenvalue weighted by molar-refractivity contribution is 5.88. The topological polar surface area (TPSA) is 38.8 Å². The van der Waals surface area contributed by atoms with Crippen molar-refractivity contribution in [1.82, 2.24) is 4.90 Å². The van der Waals surface area contributed by atoms with Crippen molar-refractivity contribution in [2.75, 3.05) is 33.9 Å². The van der Waals surface area contributed by atoms with Crippen LogP contribution in [0, 0.1) is 40.4 Å². The summed E-state index contributed by atoms with van der Waals surface area (Å²) < 4.78 is 11.6. The Balaban J connectivity index is 1.29. The summed E-state index contributed by atoms with van der Waals surface area (Å²) in [5, 5.41) is 0. The molecule has 38 heavy (non-hydrogen) atoms. The van der Waals surface area contributed by atoms with E-state index in [1.165, 1.54) is 70.6 Å². The van der Waals surface area contributed by atoms with Crippen LogP contribution in [0.3, 0.4) is 0 Å². The summed E-state index contributed by atoms with van der Waals surface area (Å²) in [5.41, 5.74) is 3.10.